The first-order valence-electron chi connectivity index (χ1n) is 6.37. The third kappa shape index (κ3) is 3.70. The lowest BCUT2D eigenvalue weighted by molar-refractivity contribution is 0.269. The van der Waals surface area contributed by atoms with Crippen LogP contribution in [0.5, 0.6) is 0 Å². The van der Waals surface area contributed by atoms with Crippen molar-refractivity contribution in [1.82, 2.24) is 9.55 Å². The molecule has 1 aromatic heterocycles. The van der Waals surface area contributed by atoms with Gasteiger partial charge < -0.3 is 9.67 Å². The number of nitrogens with zero attached hydrogens (tertiary/aromatic N) is 2. The van der Waals surface area contributed by atoms with E-state index in [2.05, 4.69) is 16.5 Å². The maximum Gasteiger partial charge on any atom is 0.168 e. The molecule has 0 aliphatic heterocycles. The van der Waals surface area contributed by atoms with Gasteiger partial charge >= 0.3 is 0 Å². The van der Waals surface area contributed by atoms with Crippen molar-refractivity contribution in [2.24, 2.45) is 0 Å². The number of rotatable bonds is 6. The number of thioether (sulfide) groups is 1. The van der Waals surface area contributed by atoms with Crippen molar-refractivity contribution in [2.45, 2.75) is 37.4 Å². The smallest absolute Gasteiger partial charge is 0.168 e. The molecule has 0 spiro atoms. The Morgan fingerprint density at radius 3 is 2.80 bits per heavy atom. The highest BCUT2D eigenvalue weighted by molar-refractivity contribution is 7.98. The van der Waals surface area contributed by atoms with Gasteiger partial charge in [-0.15, -0.1) is 0 Å². The molecule has 1 N–H and O–H groups in total. The molecular weight excluding hydrogens is 315 g/mol. The summed E-state index contributed by atoms with van der Waals surface area (Å²) in [6.07, 6.45) is 2.72. The van der Waals surface area contributed by atoms with Gasteiger partial charge in [-0.25, -0.2) is 4.98 Å². The van der Waals surface area contributed by atoms with Crippen LogP contribution in [-0.4, -0.2) is 14.7 Å². The molecule has 3 nitrogen and oxygen atoms in total. The Balaban J connectivity index is 2.12. The van der Waals surface area contributed by atoms with Crippen LogP contribution in [0.3, 0.4) is 0 Å². The van der Waals surface area contributed by atoms with Crippen molar-refractivity contribution in [2.75, 3.05) is 0 Å². The standard InChI is InChI=1S/C14H16Cl2N2OS/c1-2-5-18-12(8-19)7-17-14(18)20-9-10-3-4-11(15)6-13(10)16/h3-4,6-7,19H,2,5,8-9H2,1H3. The highest BCUT2D eigenvalue weighted by Crippen LogP contribution is 2.28. The molecule has 0 atom stereocenters. The molecule has 0 bridgehead atoms. The van der Waals surface area contributed by atoms with Crippen LogP contribution in [0.4, 0.5) is 0 Å². The van der Waals surface area contributed by atoms with Gasteiger partial charge in [0.1, 0.15) is 0 Å². The molecule has 0 amide bonds. The summed E-state index contributed by atoms with van der Waals surface area (Å²) in [4.78, 5) is 4.36. The van der Waals surface area contributed by atoms with Gasteiger partial charge in [-0.05, 0) is 24.1 Å². The number of aliphatic hydroxyl groups excluding tert-OH is 1. The van der Waals surface area contributed by atoms with Gasteiger partial charge in [0.15, 0.2) is 5.16 Å². The second-order valence-electron chi connectivity index (χ2n) is 4.37. The van der Waals surface area contributed by atoms with E-state index in [9.17, 15) is 5.11 Å². The number of halogens is 2. The zero-order valence-corrected chi connectivity index (χ0v) is 13.5. The Labute approximate surface area is 132 Å². The predicted octanol–water partition coefficient (Wildman–Crippen LogP) is 4.38. The molecule has 0 fully saturated rings. The average molecular weight is 331 g/mol. The van der Waals surface area contributed by atoms with Crippen molar-refractivity contribution in [3.63, 3.8) is 0 Å². The molecule has 0 aliphatic rings. The van der Waals surface area contributed by atoms with E-state index in [-0.39, 0.29) is 6.61 Å². The van der Waals surface area contributed by atoms with Crippen LogP contribution in [-0.2, 0) is 18.9 Å². The number of imidazole rings is 1. The molecule has 1 heterocycles. The van der Waals surface area contributed by atoms with Crippen LogP contribution >= 0.6 is 35.0 Å². The van der Waals surface area contributed by atoms with E-state index in [1.807, 2.05) is 12.1 Å². The summed E-state index contributed by atoms with van der Waals surface area (Å²) in [5.74, 6) is 0.724. The van der Waals surface area contributed by atoms with Crippen LogP contribution in [0.1, 0.15) is 24.6 Å². The normalized spacial score (nSPS) is 11.0. The molecule has 0 aliphatic carbocycles. The Morgan fingerprint density at radius 1 is 1.35 bits per heavy atom. The van der Waals surface area contributed by atoms with Crippen molar-refractivity contribution < 1.29 is 5.11 Å². The van der Waals surface area contributed by atoms with Gasteiger partial charge in [0.2, 0.25) is 0 Å². The highest BCUT2D eigenvalue weighted by Gasteiger charge is 2.10. The quantitative estimate of drug-likeness (QED) is 0.798. The molecule has 2 rings (SSSR count). The van der Waals surface area contributed by atoms with Crippen molar-refractivity contribution in [3.05, 3.63) is 45.7 Å². The molecular formula is C14H16Cl2N2OS. The van der Waals surface area contributed by atoms with E-state index in [4.69, 9.17) is 23.2 Å². The summed E-state index contributed by atoms with van der Waals surface area (Å²) < 4.78 is 2.05. The van der Waals surface area contributed by atoms with E-state index in [1.165, 1.54) is 0 Å². The Kier molecular flexibility index (Phi) is 5.78. The number of hydrogen-bond donors (Lipinski definition) is 1. The molecule has 0 unspecified atom stereocenters. The molecule has 0 saturated heterocycles. The summed E-state index contributed by atoms with van der Waals surface area (Å²) in [6.45, 7) is 2.97. The van der Waals surface area contributed by atoms with E-state index in [0.717, 1.165) is 35.1 Å². The Bertz CT molecular complexity index is 587. The van der Waals surface area contributed by atoms with Crippen LogP contribution in [0, 0.1) is 0 Å². The van der Waals surface area contributed by atoms with E-state index >= 15 is 0 Å². The minimum atomic E-state index is 0.00919. The lowest BCUT2D eigenvalue weighted by Gasteiger charge is -2.09. The van der Waals surface area contributed by atoms with Crippen LogP contribution in [0.2, 0.25) is 10.0 Å². The van der Waals surface area contributed by atoms with Gasteiger partial charge in [-0.2, -0.15) is 0 Å². The number of hydrogen-bond acceptors (Lipinski definition) is 3. The lowest BCUT2D eigenvalue weighted by Crippen LogP contribution is -2.04. The summed E-state index contributed by atoms with van der Waals surface area (Å²) in [5, 5.41) is 11.5. The molecule has 2 aromatic rings. The maximum absolute atomic E-state index is 9.31. The van der Waals surface area contributed by atoms with Crippen molar-refractivity contribution >= 4 is 35.0 Å². The zero-order chi connectivity index (χ0) is 14.5. The third-order valence-corrected chi connectivity index (χ3v) is 4.51. The molecule has 20 heavy (non-hydrogen) atoms. The monoisotopic (exact) mass is 330 g/mol. The van der Waals surface area contributed by atoms with Gasteiger partial charge in [-0.3, -0.25) is 0 Å². The number of aliphatic hydroxyl groups is 1. The SMILES string of the molecule is CCCn1c(CO)cnc1SCc1ccc(Cl)cc1Cl. The fourth-order valence-electron chi connectivity index (χ4n) is 1.88. The van der Waals surface area contributed by atoms with Crippen molar-refractivity contribution in [3.8, 4) is 0 Å². The number of aromatic nitrogens is 2. The second kappa shape index (κ2) is 7.36. The molecule has 1 aromatic carbocycles. The lowest BCUT2D eigenvalue weighted by atomic mass is 10.2. The van der Waals surface area contributed by atoms with Gasteiger partial charge in [0.05, 0.1) is 18.5 Å². The second-order valence-corrected chi connectivity index (χ2v) is 6.15. The van der Waals surface area contributed by atoms with Crippen LogP contribution < -0.4 is 0 Å². The topological polar surface area (TPSA) is 38.0 Å². The fraction of sp³-hybridized carbons (Fsp3) is 0.357. The molecule has 0 saturated carbocycles. The summed E-state index contributed by atoms with van der Waals surface area (Å²) in [5.41, 5.74) is 1.87. The summed E-state index contributed by atoms with van der Waals surface area (Å²) in [7, 11) is 0. The van der Waals surface area contributed by atoms with Gasteiger partial charge in [-0.1, -0.05) is 48.0 Å². The Morgan fingerprint density at radius 2 is 2.15 bits per heavy atom. The van der Waals surface area contributed by atoms with E-state index < -0.39 is 0 Å². The molecule has 6 heteroatoms. The first kappa shape index (κ1) is 15.7. The van der Waals surface area contributed by atoms with Gasteiger partial charge in [0.25, 0.3) is 0 Å². The first-order valence-corrected chi connectivity index (χ1v) is 8.11. The third-order valence-electron chi connectivity index (χ3n) is 2.88. The van der Waals surface area contributed by atoms with Crippen LogP contribution in [0.15, 0.2) is 29.6 Å². The predicted molar refractivity (Wildman–Crippen MR) is 84.5 cm³/mol. The zero-order valence-electron chi connectivity index (χ0n) is 11.1. The van der Waals surface area contributed by atoms with E-state index in [1.54, 1.807) is 24.0 Å². The minimum Gasteiger partial charge on any atom is -0.390 e. The minimum absolute atomic E-state index is 0.00919. The maximum atomic E-state index is 9.31. The fourth-order valence-corrected chi connectivity index (χ4v) is 3.46. The van der Waals surface area contributed by atoms with Gasteiger partial charge in [0, 0.05) is 22.3 Å². The highest BCUT2D eigenvalue weighted by atomic mass is 35.5. The number of benzene rings is 1. The first-order chi connectivity index (χ1) is 9.65. The summed E-state index contributed by atoms with van der Waals surface area (Å²) in [6, 6.07) is 5.51. The average Bonchev–Trinajstić information content (AvgIpc) is 2.81. The van der Waals surface area contributed by atoms with Crippen LogP contribution in [0.25, 0.3) is 0 Å². The van der Waals surface area contributed by atoms with E-state index in [0.29, 0.717) is 10.0 Å². The largest absolute Gasteiger partial charge is 0.390 e. The summed E-state index contributed by atoms with van der Waals surface area (Å²) >= 11 is 13.7. The Hall–Kier alpha value is -0.680. The van der Waals surface area contributed by atoms with Crippen molar-refractivity contribution in [1.29, 1.82) is 0 Å². The molecule has 108 valence electrons. The molecule has 0 radical (unpaired) electrons.